The lowest BCUT2D eigenvalue weighted by Crippen LogP contribution is -2.44. The summed E-state index contributed by atoms with van der Waals surface area (Å²) in [5.41, 5.74) is 1.41. The average molecular weight is 372 g/mol. The zero-order chi connectivity index (χ0) is 19.8. The van der Waals surface area contributed by atoms with Crippen LogP contribution in [0.4, 0.5) is 5.69 Å². The first kappa shape index (κ1) is 19.5. The third-order valence-corrected chi connectivity index (χ3v) is 5.28. The molecule has 1 aromatic carbocycles. The number of nitrogens with one attached hydrogen (secondary N) is 1. The summed E-state index contributed by atoms with van der Waals surface area (Å²) >= 11 is 0. The molecule has 1 fully saturated rings. The molecule has 0 saturated carbocycles. The van der Waals surface area contributed by atoms with Gasteiger partial charge in [0.15, 0.2) is 0 Å². The molecule has 0 unspecified atom stereocenters. The summed E-state index contributed by atoms with van der Waals surface area (Å²) in [6, 6.07) is 4.85. The fourth-order valence-electron chi connectivity index (χ4n) is 3.64. The Bertz CT molecular complexity index is 769. The number of fused-ring (bicyclic) bond motifs is 1. The highest BCUT2D eigenvalue weighted by atomic mass is 16.2. The predicted molar refractivity (Wildman–Crippen MR) is 104 cm³/mol. The van der Waals surface area contributed by atoms with Crippen molar-refractivity contribution in [2.24, 2.45) is 0 Å². The highest BCUT2D eigenvalue weighted by Gasteiger charge is 2.33. The largest absolute Gasteiger partial charge is 0.325 e. The van der Waals surface area contributed by atoms with Crippen molar-refractivity contribution in [3.05, 3.63) is 29.3 Å². The molecule has 2 aliphatic heterocycles. The lowest BCUT2D eigenvalue weighted by Gasteiger charge is -2.34. The van der Waals surface area contributed by atoms with Gasteiger partial charge in [0.2, 0.25) is 5.91 Å². The molecule has 0 bridgehead atoms. The van der Waals surface area contributed by atoms with Gasteiger partial charge >= 0.3 is 0 Å². The molecule has 7 heteroatoms. The number of imide groups is 1. The van der Waals surface area contributed by atoms with E-state index in [2.05, 4.69) is 35.9 Å². The highest BCUT2D eigenvalue weighted by molar-refractivity contribution is 6.21. The lowest BCUT2D eigenvalue weighted by atomic mass is 10.1. The number of amides is 3. The van der Waals surface area contributed by atoms with Crippen molar-refractivity contribution in [1.29, 1.82) is 0 Å². The van der Waals surface area contributed by atoms with Crippen molar-refractivity contribution in [3.63, 3.8) is 0 Å². The maximum atomic E-state index is 12.5. The van der Waals surface area contributed by atoms with Crippen LogP contribution in [0.1, 0.15) is 47.9 Å². The maximum absolute atomic E-state index is 12.5. The number of carbonyl (C=O) groups is 3. The van der Waals surface area contributed by atoms with Gasteiger partial charge in [0, 0.05) is 31.4 Å². The quantitative estimate of drug-likeness (QED) is 0.817. The van der Waals surface area contributed by atoms with Gasteiger partial charge in [-0.25, -0.2) is 0 Å². The SMILES string of the molecule is CN1C(=O)c2ccc(NC(=O)CN3CCCN(C(C)(C)C)CC3)cc2C1=O. The van der Waals surface area contributed by atoms with Crippen LogP contribution in [0, 0.1) is 0 Å². The smallest absolute Gasteiger partial charge is 0.261 e. The van der Waals surface area contributed by atoms with Crippen molar-refractivity contribution in [3.8, 4) is 0 Å². The molecule has 0 atom stereocenters. The number of anilines is 1. The zero-order valence-corrected chi connectivity index (χ0v) is 16.5. The van der Waals surface area contributed by atoms with Crippen LogP contribution in [0.3, 0.4) is 0 Å². The molecule has 3 rings (SSSR count). The van der Waals surface area contributed by atoms with E-state index >= 15 is 0 Å². The Morgan fingerprint density at radius 3 is 2.44 bits per heavy atom. The number of rotatable bonds is 3. The second-order valence-corrected chi connectivity index (χ2v) is 8.27. The molecule has 0 radical (unpaired) electrons. The normalized spacial score (nSPS) is 19.2. The lowest BCUT2D eigenvalue weighted by molar-refractivity contribution is -0.117. The summed E-state index contributed by atoms with van der Waals surface area (Å²) in [6.45, 7) is 10.7. The van der Waals surface area contributed by atoms with Gasteiger partial charge in [-0.2, -0.15) is 0 Å². The van der Waals surface area contributed by atoms with Crippen LogP contribution in [0.2, 0.25) is 0 Å². The molecule has 3 amide bonds. The molecular weight excluding hydrogens is 344 g/mol. The van der Waals surface area contributed by atoms with Crippen molar-refractivity contribution >= 4 is 23.4 Å². The van der Waals surface area contributed by atoms with Crippen LogP contribution in [-0.2, 0) is 4.79 Å². The summed E-state index contributed by atoms with van der Waals surface area (Å²) in [5.74, 6) is -0.744. The Labute approximate surface area is 160 Å². The third-order valence-electron chi connectivity index (χ3n) is 5.28. The van der Waals surface area contributed by atoms with Gasteiger partial charge in [0.05, 0.1) is 17.7 Å². The van der Waals surface area contributed by atoms with Crippen LogP contribution in [0.5, 0.6) is 0 Å². The van der Waals surface area contributed by atoms with Gasteiger partial charge in [-0.15, -0.1) is 0 Å². The Morgan fingerprint density at radius 2 is 1.74 bits per heavy atom. The topological polar surface area (TPSA) is 73.0 Å². The van der Waals surface area contributed by atoms with Gasteiger partial charge in [-0.1, -0.05) is 0 Å². The molecular formula is C20H28N4O3. The minimum absolute atomic E-state index is 0.107. The van der Waals surface area contributed by atoms with Gasteiger partial charge < -0.3 is 5.32 Å². The molecule has 2 heterocycles. The number of benzene rings is 1. The Hall–Kier alpha value is -2.25. The van der Waals surface area contributed by atoms with Gasteiger partial charge in [0.25, 0.3) is 11.8 Å². The Kier molecular flexibility index (Phi) is 5.35. The summed E-state index contributed by atoms with van der Waals surface area (Å²) in [5, 5.41) is 2.85. The Balaban J connectivity index is 1.59. The van der Waals surface area contributed by atoms with E-state index < -0.39 is 0 Å². The average Bonchev–Trinajstić information content (AvgIpc) is 2.77. The van der Waals surface area contributed by atoms with E-state index in [1.54, 1.807) is 18.2 Å². The second kappa shape index (κ2) is 7.40. The monoisotopic (exact) mass is 372 g/mol. The fourth-order valence-corrected chi connectivity index (χ4v) is 3.64. The third kappa shape index (κ3) is 4.20. The molecule has 1 saturated heterocycles. The minimum Gasteiger partial charge on any atom is -0.325 e. The first-order chi connectivity index (χ1) is 12.7. The van der Waals surface area contributed by atoms with E-state index in [1.807, 2.05) is 0 Å². The van der Waals surface area contributed by atoms with E-state index in [0.717, 1.165) is 37.5 Å². The van der Waals surface area contributed by atoms with Crippen molar-refractivity contribution in [2.75, 3.05) is 45.1 Å². The fraction of sp³-hybridized carbons (Fsp3) is 0.550. The van der Waals surface area contributed by atoms with E-state index in [1.165, 1.54) is 7.05 Å². The first-order valence-electron chi connectivity index (χ1n) is 9.40. The molecule has 1 aromatic rings. The second-order valence-electron chi connectivity index (χ2n) is 8.27. The van der Waals surface area contributed by atoms with Gasteiger partial charge in [-0.05, 0) is 58.5 Å². The predicted octanol–water partition coefficient (Wildman–Crippen LogP) is 1.66. The van der Waals surface area contributed by atoms with Crippen molar-refractivity contribution < 1.29 is 14.4 Å². The van der Waals surface area contributed by atoms with E-state index in [9.17, 15) is 14.4 Å². The van der Waals surface area contributed by atoms with Crippen LogP contribution in [0.15, 0.2) is 18.2 Å². The summed E-state index contributed by atoms with van der Waals surface area (Å²) in [6.07, 6.45) is 1.03. The maximum Gasteiger partial charge on any atom is 0.261 e. The van der Waals surface area contributed by atoms with Crippen LogP contribution < -0.4 is 5.32 Å². The number of hydrogen-bond acceptors (Lipinski definition) is 5. The number of carbonyl (C=O) groups excluding carboxylic acids is 3. The van der Waals surface area contributed by atoms with Gasteiger partial charge in [-0.3, -0.25) is 29.1 Å². The van der Waals surface area contributed by atoms with E-state index in [4.69, 9.17) is 0 Å². The summed E-state index contributed by atoms with van der Waals surface area (Å²) in [7, 11) is 1.46. The summed E-state index contributed by atoms with van der Waals surface area (Å²) in [4.78, 5) is 42.2. The highest BCUT2D eigenvalue weighted by Crippen LogP contribution is 2.24. The molecule has 1 N–H and O–H groups in total. The molecule has 7 nitrogen and oxygen atoms in total. The zero-order valence-electron chi connectivity index (χ0n) is 16.5. The molecule has 0 aliphatic carbocycles. The summed E-state index contributed by atoms with van der Waals surface area (Å²) < 4.78 is 0. The standard InChI is InChI=1S/C20H28N4O3/c1-20(2,3)24-9-5-8-23(10-11-24)13-17(25)21-14-6-7-15-16(12-14)19(27)22(4)18(15)26/h6-7,12H,5,8-11,13H2,1-4H3,(H,21,25). The molecule has 0 aromatic heterocycles. The molecule has 146 valence electrons. The van der Waals surface area contributed by atoms with Crippen LogP contribution in [-0.4, -0.2) is 77.7 Å². The van der Waals surface area contributed by atoms with Gasteiger partial charge in [0.1, 0.15) is 0 Å². The molecule has 2 aliphatic rings. The minimum atomic E-state index is -0.333. The molecule has 27 heavy (non-hydrogen) atoms. The van der Waals surface area contributed by atoms with Crippen molar-refractivity contribution in [1.82, 2.24) is 14.7 Å². The Morgan fingerprint density at radius 1 is 1.04 bits per heavy atom. The van der Waals surface area contributed by atoms with Crippen molar-refractivity contribution in [2.45, 2.75) is 32.7 Å². The van der Waals surface area contributed by atoms with E-state index in [-0.39, 0.29) is 23.3 Å². The first-order valence-corrected chi connectivity index (χ1v) is 9.40. The molecule has 0 spiro atoms. The van der Waals surface area contributed by atoms with E-state index in [0.29, 0.717) is 23.4 Å². The number of hydrogen-bond donors (Lipinski definition) is 1. The van der Waals surface area contributed by atoms with Crippen LogP contribution >= 0.6 is 0 Å². The number of nitrogens with zero attached hydrogens (tertiary/aromatic N) is 3. The van der Waals surface area contributed by atoms with Crippen LogP contribution in [0.25, 0.3) is 0 Å².